The summed E-state index contributed by atoms with van der Waals surface area (Å²) < 4.78 is 27.3. The van der Waals surface area contributed by atoms with E-state index in [2.05, 4.69) is 20.1 Å². The zero-order chi connectivity index (χ0) is 16.4. The van der Waals surface area contributed by atoms with Gasteiger partial charge in [-0.1, -0.05) is 0 Å². The van der Waals surface area contributed by atoms with E-state index in [0.29, 0.717) is 26.2 Å². The fourth-order valence-corrected chi connectivity index (χ4v) is 3.78. The van der Waals surface area contributed by atoms with E-state index < -0.39 is 10.0 Å². The van der Waals surface area contributed by atoms with Crippen molar-refractivity contribution in [2.24, 2.45) is 7.05 Å². The highest BCUT2D eigenvalue weighted by atomic mass is 32.2. The largest absolute Gasteiger partial charge is 0.338 e. The average Bonchev–Trinajstić information content (AvgIpc) is 2.97. The molecule has 9 heteroatoms. The van der Waals surface area contributed by atoms with Crippen molar-refractivity contribution < 1.29 is 8.42 Å². The number of nitrogens with zero attached hydrogens (tertiary/aromatic N) is 6. The van der Waals surface area contributed by atoms with Crippen molar-refractivity contribution in [2.45, 2.75) is 6.92 Å². The molecule has 0 unspecified atom stereocenters. The third-order valence-corrected chi connectivity index (χ3v) is 5.93. The van der Waals surface area contributed by atoms with Crippen LogP contribution in [0.3, 0.4) is 0 Å². The van der Waals surface area contributed by atoms with Crippen LogP contribution < -0.4 is 4.90 Å². The summed E-state index contributed by atoms with van der Waals surface area (Å²) in [4.78, 5) is 6.17. The molecule has 2 aromatic rings. The summed E-state index contributed by atoms with van der Waals surface area (Å²) in [6.07, 6.45) is 3.47. The highest BCUT2D eigenvalue weighted by Gasteiger charge is 2.27. The van der Waals surface area contributed by atoms with Crippen molar-refractivity contribution in [3.63, 3.8) is 0 Å². The monoisotopic (exact) mass is 336 g/mol. The first-order chi connectivity index (χ1) is 11.0. The SMILES string of the molecule is CCS(=O)(=O)N1CCN(c2nnc(-c3cccnc3)n2C)CC1. The summed E-state index contributed by atoms with van der Waals surface area (Å²) in [5.74, 6) is 1.64. The Hall–Kier alpha value is -2.00. The third kappa shape index (κ3) is 3.06. The van der Waals surface area contributed by atoms with E-state index in [1.807, 2.05) is 23.7 Å². The molecule has 1 fully saturated rings. The van der Waals surface area contributed by atoms with Gasteiger partial charge in [0, 0.05) is 51.2 Å². The molecule has 0 N–H and O–H groups in total. The number of aromatic nitrogens is 4. The van der Waals surface area contributed by atoms with Crippen molar-refractivity contribution in [2.75, 3.05) is 36.8 Å². The molecule has 1 aliphatic heterocycles. The average molecular weight is 336 g/mol. The van der Waals surface area contributed by atoms with Crippen LogP contribution in [0.1, 0.15) is 6.92 Å². The minimum absolute atomic E-state index is 0.141. The predicted octanol–water partition coefficient (Wildman–Crippen LogP) is 0.349. The molecule has 0 aromatic carbocycles. The van der Waals surface area contributed by atoms with Crippen LogP contribution in [-0.2, 0) is 17.1 Å². The molecule has 0 saturated carbocycles. The number of rotatable bonds is 4. The lowest BCUT2D eigenvalue weighted by molar-refractivity contribution is 0.382. The Morgan fingerprint density at radius 1 is 1.17 bits per heavy atom. The Balaban J connectivity index is 1.76. The van der Waals surface area contributed by atoms with Gasteiger partial charge in [-0.15, -0.1) is 10.2 Å². The summed E-state index contributed by atoms with van der Waals surface area (Å²) >= 11 is 0. The summed E-state index contributed by atoms with van der Waals surface area (Å²) in [6, 6.07) is 3.80. The van der Waals surface area contributed by atoms with Gasteiger partial charge in [-0.05, 0) is 19.1 Å². The Morgan fingerprint density at radius 2 is 1.91 bits per heavy atom. The molecule has 0 aliphatic carbocycles. The summed E-state index contributed by atoms with van der Waals surface area (Å²) in [7, 11) is -1.21. The maximum absolute atomic E-state index is 11.9. The first-order valence-electron chi connectivity index (χ1n) is 7.55. The van der Waals surface area contributed by atoms with Gasteiger partial charge in [-0.3, -0.25) is 9.55 Å². The van der Waals surface area contributed by atoms with E-state index in [0.717, 1.165) is 17.3 Å². The quantitative estimate of drug-likeness (QED) is 0.801. The Morgan fingerprint density at radius 3 is 2.52 bits per heavy atom. The van der Waals surface area contributed by atoms with Crippen molar-refractivity contribution in [3.05, 3.63) is 24.5 Å². The van der Waals surface area contributed by atoms with Gasteiger partial charge in [-0.25, -0.2) is 8.42 Å². The summed E-state index contributed by atoms with van der Waals surface area (Å²) in [5, 5.41) is 8.51. The molecule has 1 saturated heterocycles. The highest BCUT2D eigenvalue weighted by molar-refractivity contribution is 7.89. The lowest BCUT2D eigenvalue weighted by Crippen LogP contribution is -2.49. The third-order valence-electron chi connectivity index (χ3n) is 4.05. The zero-order valence-corrected chi connectivity index (χ0v) is 14.1. The van der Waals surface area contributed by atoms with E-state index in [4.69, 9.17) is 0 Å². The Kier molecular flexibility index (Phi) is 4.31. The molecule has 3 rings (SSSR count). The second kappa shape index (κ2) is 6.25. The van der Waals surface area contributed by atoms with E-state index >= 15 is 0 Å². The van der Waals surface area contributed by atoms with Gasteiger partial charge < -0.3 is 4.90 Å². The van der Waals surface area contributed by atoms with E-state index in [-0.39, 0.29) is 5.75 Å². The Labute approximate surface area is 135 Å². The van der Waals surface area contributed by atoms with Crippen LogP contribution >= 0.6 is 0 Å². The molecule has 0 spiro atoms. The molecule has 124 valence electrons. The van der Waals surface area contributed by atoms with Gasteiger partial charge in [0.05, 0.1) is 5.75 Å². The number of sulfonamides is 1. The standard InChI is InChI=1S/C14H20N6O2S/c1-3-23(21,22)20-9-7-19(8-10-20)14-17-16-13(18(14)2)12-5-4-6-15-11-12/h4-6,11H,3,7-10H2,1-2H3. The van der Waals surface area contributed by atoms with Gasteiger partial charge in [-0.2, -0.15) is 4.31 Å². The molecular formula is C14H20N6O2S. The number of piperazine rings is 1. The summed E-state index contributed by atoms with van der Waals surface area (Å²) in [6.45, 7) is 3.84. The maximum atomic E-state index is 11.9. The minimum Gasteiger partial charge on any atom is -0.338 e. The van der Waals surface area contributed by atoms with Crippen LogP contribution in [0.4, 0.5) is 5.95 Å². The number of hydrogen-bond acceptors (Lipinski definition) is 6. The lowest BCUT2D eigenvalue weighted by Gasteiger charge is -2.34. The van der Waals surface area contributed by atoms with Crippen LogP contribution in [-0.4, -0.2) is 64.4 Å². The summed E-state index contributed by atoms with van der Waals surface area (Å²) in [5.41, 5.74) is 0.904. The second-order valence-electron chi connectivity index (χ2n) is 5.41. The van der Waals surface area contributed by atoms with Crippen LogP contribution in [0.5, 0.6) is 0 Å². The highest BCUT2D eigenvalue weighted by Crippen LogP contribution is 2.21. The van der Waals surface area contributed by atoms with Crippen LogP contribution in [0.25, 0.3) is 11.4 Å². The van der Waals surface area contributed by atoms with Crippen molar-refractivity contribution in [1.82, 2.24) is 24.1 Å². The number of hydrogen-bond donors (Lipinski definition) is 0. The van der Waals surface area contributed by atoms with Gasteiger partial charge in [0.1, 0.15) is 0 Å². The predicted molar refractivity (Wildman–Crippen MR) is 87.5 cm³/mol. The minimum atomic E-state index is -3.12. The number of pyridine rings is 1. The van der Waals surface area contributed by atoms with Gasteiger partial charge in [0.2, 0.25) is 16.0 Å². The topological polar surface area (TPSA) is 84.2 Å². The van der Waals surface area contributed by atoms with Crippen molar-refractivity contribution in [1.29, 1.82) is 0 Å². The Bertz CT molecular complexity index is 766. The molecule has 2 aromatic heterocycles. The molecule has 8 nitrogen and oxygen atoms in total. The fraction of sp³-hybridized carbons (Fsp3) is 0.500. The first kappa shape index (κ1) is 15.9. The lowest BCUT2D eigenvalue weighted by atomic mass is 10.3. The van der Waals surface area contributed by atoms with Gasteiger partial charge >= 0.3 is 0 Å². The van der Waals surface area contributed by atoms with Crippen molar-refractivity contribution >= 4 is 16.0 Å². The smallest absolute Gasteiger partial charge is 0.227 e. The molecule has 0 radical (unpaired) electrons. The van der Waals surface area contributed by atoms with E-state index in [9.17, 15) is 8.42 Å². The fourth-order valence-electron chi connectivity index (χ4n) is 2.69. The molecular weight excluding hydrogens is 316 g/mol. The molecule has 1 aliphatic rings. The molecule has 0 atom stereocenters. The molecule has 3 heterocycles. The molecule has 0 amide bonds. The van der Waals surface area contributed by atoms with Crippen LogP contribution in [0, 0.1) is 0 Å². The normalized spacial score (nSPS) is 16.7. The van der Waals surface area contributed by atoms with Gasteiger partial charge in [0.15, 0.2) is 5.82 Å². The van der Waals surface area contributed by atoms with E-state index in [1.165, 1.54) is 0 Å². The maximum Gasteiger partial charge on any atom is 0.227 e. The number of anilines is 1. The second-order valence-corrected chi connectivity index (χ2v) is 7.67. The van der Waals surface area contributed by atoms with Crippen LogP contribution in [0.2, 0.25) is 0 Å². The first-order valence-corrected chi connectivity index (χ1v) is 9.16. The van der Waals surface area contributed by atoms with Crippen LogP contribution in [0.15, 0.2) is 24.5 Å². The zero-order valence-electron chi connectivity index (χ0n) is 13.3. The van der Waals surface area contributed by atoms with Crippen molar-refractivity contribution in [3.8, 4) is 11.4 Å². The van der Waals surface area contributed by atoms with Gasteiger partial charge in [0.25, 0.3) is 0 Å². The molecule has 23 heavy (non-hydrogen) atoms. The van der Waals surface area contributed by atoms with E-state index in [1.54, 1.807) is 23.6 Å². The molecule has 0 bridgehead atoms.